The minimum atomic E-state index is -0.410. The maximum atomic E-state index is 12.7. The van der Waals surface area contributed by atoms with Gasteiger partial charge < -0.3 is 9.47 Å². The zero-order valence-electron chi connectivity index (χ0n) is 13.1. The Hall–Kier alpha value is -2.79. The van der Waals surface area contributed by atoms with E-state index in [1.165, 1.54) is 20.3 Å². The van der Waals surface area contributed by atoms with Crippen molar-refractivity contribution in [1.82, 2.24) is 0 Å². The number of halogens is 1. The molecule has 24 heavy (non-hydrogen) atoms. The number of anilines is 1. The molecule has 6 heteroatoms. The van der Waals surface area contributed by atoms with Crippen LogP contribution in [-0.2, 0) is 9.59 Å². The largest absolute Gasteiger partial charge is 0.493 e. The fraction of sp³-hybridized carbons (Fsp3) is 0.111. The zero-order valence-corrected chi connectivity index (χ0v) is 13.8. The van der Waals surface area contributed by atoms with E-state index in [1.807, 2.05) is 0 Å². The van der Waals surface area contributed by atoms with Crippen molar-refractivity contribution in [2.24, 2.45) is 0 Å². The van der Waals surface area contributed by atoms with E-state index in [2.05, 4.69) is 0 Å². The summed E-state index contributed by atoms with van der Waals surface area (Å²) in [7, 11) is 3.04. The van der Waals surface area contributed by atoms with E-state index in [4.69, 9.17) is 21.1 Å². The normalized spacial score (nSPS) is 14.0. The van der Waals surface area contributed by atoms with Crippen LogP contribution < -0.4 is 14.4 Å². The second-order valence-electron chi connectivity index (χ2n) is 5.09. The summed E-state index contributed by atoms with van der Waals surface area (Å²) >= 11 is 5.95. The average Bonchev–Trinajstić information content (AvgIpc) is 2.88. The predicted molar refractivity (Wildman–Crippen MR) is 91.5 cm³/mol. The first-order valence-electron chi connectivity index (χ1n) is 7.13. The molecule has 0 radical (unpaired) electrons. The number of benzene rings is 2. The molecule has 2 amide bonds. The van der Waals surface area contributed by atoms with Gasteiger partial charge in [-0.15, -0.1) is 0 Å². The van der Waals surface area contributed by atoms with Crippen molar-refractivity contribution in [2.75, 3.05) is 19.1 Å². The second-order valence-corrected chi connectivity index (χ2v) is 5.52. The predicted octanol–water partition coefficient (Wildman–Crippen LogP) is 3.31. The van der Waals surface area contributed by atoms with Crippen molar-refractivity contribution in [3.8, 4) is 11.5 Å². The van der Waals surface area contributed by atoms with Gasteiger partial charge in [0, 0.05) is 11.1 Å². The van der Waals surface area contributed by atoms with Crippen LogP contribution in [0.4, 0.5) is 5.69 Å². The number of rotatable bonds is 4. The topological polar surface area (TPSA) is 55.8 Å². The summed E-state index contributed by atoms with van der Waals surface area (Å²) in [6.07, 6.45) is 1.31. The van der Waals surface area contributed by atoms with E-state index >= 15 is 0 Å². The molecule has 5 nitrogen and oxygen atoms in total. The molecule has 0 atom stereocenters. The SMILES string of the molecule is COc1ccc(C2=CC(=O)N(c3cccc(Cl)c3)C2=O)cc1OC. The fourth-order valence-electron chi connectivity index (χ4n) is 2.54. The number of carbonyl (C=O) groups is 2. The molecule has 0 saturated heterocycles. The summed E-state index contributed by atoms with van der Waals surface area (Å²) in [4.78, 5) is 26.1. The molecule has 122 valence electrons. The second kappa shape index (κ2) is 6.37. The maximum absolute atomic E-state index is 12.7. The molecule has 0 aliphatic carbocycles. The highest BCUT2D eigenvalue weighted by Crippen LogP contribution is 2.34. The van der Waals surface area contributed by atoms with Crippen LogP contribution >= 0.6 is 11.6 Å². The summed E-state index contributed by atoms with van der Waals surface area (Å²) in [5, 5.41) is 0.452. The van der Waals surface area contributed by atoms with E-state index in [9.17, 15) is 9.59 Å². The van der Waals surface area contributed by atoms with Gasteiger partial charge in [-0.2, -0.15) is 0 Å². The Morgan fingerprint density at radius 2 is 1.71 bits per heavy atom. The van der Waals surface area contributed by atoms with Crippen molar-refractivity contribution < 1.29 is 19.1 Å². The van der Waals surface area contributed by atoms with Crippen LogP contribution in [0.2, 0.25) is 5.02 Å². The third-order valence-corrected chi connectivity index (χ3v) is 3.92. The van der Waals surface area contributed by atoms with Crippen LogP contribution in [0.5, 0.6) is 11.5 Å². The lowest BCUT2D eigenvalue weighted by Gasteiger charge is -2.15. The first kappa shape index (κ1) is 16.1. The fourth-order valence-corrected chi connectivity index (χ4v) is 2.73. The number of hydrogen-bond donors (Lipinski definition) is 0. The van der Waals surface area contributed by atoms with E-state index in [-0.39, 0.29) is 0 Å². The number of amides is 2. The summed E-state index contributed by atoms with van der Waals surface area (Å²) in [6.45, 7) is 0. The minimum absolute atomic E-state index is 0.293. The van der Waals surface area contributed by atoms with E-state index in [1.54, 1.807) is 42.5 Å². The van der Waals surface area contributed by atoms with E-state index in [0.29, 0.717) is 33.3 Å². The van der Waals surface area contributed by atoms with Gasteiger partial charge in [0.2, 0.25) is 0 Å². The Labute approximate surface area is 144 Å². The lowest BCUT2D eigenvalue weighted by Crippen LogP contribution is -2.30. The molecule has 0 N–H and O–H groups in total. The number of imide groups is 1. The molecule has 0 spiro atoms. The molecule has 0 fully saturated rings. The third-order valence-electron chi connectivity index (χ3n) is 3.68. The van der Waals surface area contributed by atoms with Gasteiger partial charge in [-0.3, -0.25) is 9.59 Å². The molecule has 0 aromatic heterocycles. The quantitative estimate of drug-likeness (QED) is 0.799. The number of nitrogens with zero attached hydrogens (tertiary/aromatic N) is 1. The molecule has 3 rings (SSSR count). The highest BCUT2D eigenvalue weighted by Gasteiger charge is 2.33. The molecule has 1 heterocycles. The van der Waals surface area contributed by atoms with Crippen LogP contribution in [0.1, 0.15) is 5.56 Å². The Morgan fingerprint density at radius 3 is 2.38 bits per heavy atom. The van der Waals surface area contributed by atoms with Crippen molar-refractivity contribution >= 4 is 34.7 Å². The molecule has 2 aromatic carbocycles. The van der Waals surface area contributed by atoms with Crippen LogP contribution in [0.15, 0.2) is 48.5 Å². The molecule has 1 aliphatic rings. The first-order chi connectivity index (χ1) is 11.5. The minimum Gasteiger partial charge on any atom is -0.493 e. The van der Waals surface area contributed by atoms with Crippen LogP contribution in [-0.4, -0.2) is 26.0 Å². The highest BCUT2D eigenvalue weighted by molar-refractivity contribution is 6.43. The molecule has 0 unspecified atom stereocenters. The Kier molecular flexibility index (Phi) is 4.27. The average molecular weight is 344 g/mol. The van der Waals surface area contributed by atoms with Crippen molar-refractivity contribution in [1.29, 1.82) is 0 Å². The summed E-state index contributed by atoms with van der Waals surface area (Å²) < 4.78 is 10.4. The number of ether oxygens (including phenoxy) is 2. The standard InChI is InChI=1S/C18H14ClNO4/c1-23-15-7-6-11(8-16(15)24-2)14-10-17(21)20(18(14)22)13-5-3-4-12(19)9-13/h3-10H,1-2H3. The van der Waals surface area contributed by atoms with Crippen LogP contribution in [0.3, 0.4) is 0 Å². The number of methoxy groups -OCH3 is 2. The lowest BCUT2D eigenvalue weighted by molar-refractivity contribution is -0.119. The monoisotopic (exact) mass is 343 g/mol. The van der Waals surface area contributed by atoms with Crippen molar-refractivity contribution in [3.63, 3.8) is 0 Å². The van der Waals surface area contributed by atoms with Gasteiger partial charge in [0.1, 0.15) is 0 Å². The van der Waals surface area contributed by atoms with Gasteiger partial charge in [-0.1, -0.05) is 23.7 Å². The van der Waals surface area contributed by atoms with Gasteiger partial charge in [-0.25, -0.2) is 4.90 Å². The summed E-state index contributed by atoms with van der Waals surface area (Å²) in [6, 6.07) is 11.7. The van der Waals surface area contributed by atoms with Gasteiger partial charge in [-0.05, 0) is 35.9 Å². The third kappa shape index (κ3) is 2.74. The highest BCUT2D eigenvalue weighted by atomic mass is 35.5. The molecule has 1 aliphatic heterocycles. The maximum Gasteiger partial charge on any atom is 0.266 e. The molecular formula is C18H14ClNO4. The van der Waals surface area contributed by atoms with Gasteiger partial charge in [0.05, 0.1) is 25.5 Å². The summed E-state index contributed by atoms with van der Waals surface area (Å²) in [5.41, 5.74) is 1.31. The Balaban J connectivity index is 1.98. The van der Waals surface area contributed by atoms with Gasteiger partial charge in [0.15, 0.2) is 11.5 Å². The first-order valence-corrected chi connectivity index (χ1v) is 7.51. The molecule has 2 aromatic rings. The van der Waals surface area contributed by atoms with E-state index < -0.39 is 11.8 Å². The Bertz CT molecular complexity index is 860. The number of hydrogen-bond acceptors (Lipinski definition) is 4. The van der Waals surface area contributed by atoms with Gasteiger partial charge in [0.25, 0.3) is 11.8 Å². The van der Waals surface area contributed by atoms with Crippen molar-refractivity contribution in [3.05, 3.63) is 59.1 Å². The summed E-state index contributed by atoms with van der Waals surface area (Å²) in [5.74, 6) is 0.212. The smallest absolute Gasteiger partial charge is 0.266 e. The Morgan fingerprint density at radius 1 is 0.958 bits per heavy atom. The molecular weight excluding hydrogens is 330 g/mol. The van der Waals surface area contributed by atoms with Crippen molar-refractivity contribution in [2.45, 2.75) is 0 Å². The molecule has 0 bridgehead atoms. The lowest BCUT2D eigenvalue weighted by atomic mass is 10.1. The van der Waals surface area contributed by atoms with E-state index in [0.717, 1.165) is 4.90 Å². The molecule has 0 saturated carbocycles. The zero-order chi connectivity index (χ0) is 17.3. The number of carbonyl (C=O) groups excluding carboxylic acids is 2. The van der Waals surface area contributed by atoms with Gasteiger partial charge >= 0.3 is 0 Å². The van der Waals surface area contributed by atoms with Crippen LogP contribution in [0.25, 0.3) is 5.57 Å². The van der Waals surface area contributed by atoms with Crippen LogP contribution in [0, 0.1) is 0 Å².